The Bertz CT molecular complexity index is 347. The van der Waals surface area contributed by atoms with Gasteiger partial charge in [0.05, 0.1) is 13.0 Å². The predicted octanol–water partition coefficient (Wildman–Crippen LogP) is -0.239. The zero-order valence-corrected chi connectivity index (χ0v) is 7.47. The van der Waals surface area contributed by atoms with Crippen LogP contribution in [0.3, 0.4) is 0 Å². The van der Waals surface area contributed by atoms with E-state index in [-0.39, 0.29) is 18.1 Å². The standard InChI is InChI=1S/C8H9N3O3/c12-6-1-2-11(8(13)3-6)4-7-9-5-14-10-7/h5H,1-4H2. The van der Waals surface area contributed by atoms with Gasteiger partial charge >= 0.3 is 0 Å². The van der Waals surface area contributed by atoms with E-state index >= 15 is 0 Å². The van der Waals surface area contributed by atoms with Gasteiger partial charge in [0.15, 0.2) is 5.82 Å². The van der Waals surface area contributed by atoms with Gasteiger partial charge in [0.1, 0.15) is 5.78 Å². The number of hydrogen-bond acceptors (Lipinski definition) is 5. The Balaban J connectivity index is 1.99. The third kappa shape index (κ3) is 1.78. The Morgan fingerprint density at radius 3 is 3.00 bits per heavy atom. The number of hydrogen-bond donors (Lipinski definition) is 0. The SMILES string of the molecule is O=C1CCN(Cc2ncon2)C(=O)C1. The number of carbonyl (C=O) groups is 2. The second-order valence-electron chi connectivity index (χ2n) is 3.13. The summed E-state index contributed by atoms with van der Waals surface area (Å²) >= 11 is 0. The number of piperidine rings is 1. The Labute approximate surface area is 79.9 Å². The quantitative estimate of drug-likeness (QED) is 0.609. The van der Waals surface area contributed by atoms with Crippen molar-refractivity contribution < 1.29 is 14.1 Å². The fourth-order valence-corrected chi connectivity index (χ4v) is 1.35. The lowest BCUT2D eigenvalue weighted by Crippen LogP contribution is -2.38. The van der Waals surface area contributed by atoms with Crippen LogP contribution in [0.15, 0.2) is 10.9 Å². The highest BCUT2D eigenvalue weighted by Crippen LogP contribution is 2.09. The van der Waals surface area contributed by atoms with Gasteiger partial charge in [-0.3, -0.25) is 9.59 Å². The summed E-state index contributed by atoms with van der Waals surface area (Å²) in [6, 6.07) is 0. The molecule has 0 aromatic carbocycles. The largest absolute Gasteiger partial charge is 0.343 e. The van der Waals surface area contributed by atoms with Crippen molar-refractivity contribution in [2.24, 2.45) is 0 Å². The van der Waals surface area contributed by atoms with Crippen LogP contribution in [-0.4, -0.2) is 33.3 Å². The van der Waals surface area contributed by atoms with Gasteiger partial charge in [0.25, 0.3) is 0 Å². The molecule has 1 amide bonds. The first-order valence-corrected chi connectivity index (χ1v) is 4.30. The summed E-state index contributed by atoms with van der Waals surface area (Å²) < 4.78 is 4.55. The van der Waals surface area contributed by atoms with Crippen molar-refractivity contribution in [2.45, 2.75) is 19.4 Å². The van der Waals surface area contributed by atoms with Gasteiger partial charge in [-0.15, -0.1) is 0 Å². The lowest BCUT2D eigenvalue weighted by molar-refractivity contribution is -0.140. The summed E-state index contributed by atoms with van der Waals surface area (Å²) in [5.74, 6) is 0.304. The van der Waals surface area contributed by atoms with Crippen molar-refractivity contribution in [1.82, 2.24) is 15.0 Å². The van der Waals surface area contributed by atoms with Crippen molar-refractivity contribution in [1.29, 1.82) is 0 Å². The Morgan fingerprint density at radius 2 is 2.36 bits per heavy atom. The molecule has 6 heteroatoms. The van der Waals surface area contributed by atoms with Crippen molar-refractivity contribution in [2.75, 3.05) is 6.54 Å². The molecule has 1 aliphatic heterocycles. The van der Waals surface area contributed by atoms with Crippen LogP contribution < -0.4 is 0 Å². The number of ketones is 1. The maximum absolute atomic E-state index is 11.3. The van der Waals surface area contributed by atoms with Crippen LogP contribution in [-0.2, 0) is 16.1 Å². The average molecular weight is 195 g/mol. The van der Waals surface area contributed by atoms with Crippen molar-refractivity contribution in [3.05, 3.63) is 12.2 Å². The van der Waals surface area contributed by atoms with E-state index in [0.717, 1.165) is 0 Å². The first kappa shape index (κ1) is 8.86. The Kier molecular flexibility index (Phi) is 2.26. The van der Waals surface area contributed by atoms with Gasteiger partial charge in [0, 0.05) is 13.0 Å². The summed E-state index contributed by atoms with van der Waals surface area (Å²) in [6.07, 6.45) is 1.64. The fourth-order valence-electron chi connectivity index (χ4n) is 1.35. The smallest absolute Gasteiger partial charge is 0.230 e. The van der Waals surface area contributed by atoms with E-state index in [1.54, 1.807) is 4.90 Å². The fraction of sp³-hybridized carbons (Fsp3) is 0.500. The second-order valence-corrected chi connectivity index (χ2v) is 3.13. The van der Waals surface area contributed by atoms with Gasteiger partial charge in [-0.2, -0.15) is 4.98 Å². The highest BCUT2D eigenvalue weighted by Gasteiger charge is 2.24. The van der Waals surface area contributed by atoms with Gasteiger partial charge in [-0.25, -0.2) is 0 Å². The molecule has 0 atom stereocenters. The van der Waals surface area contributed by atoms with Crippen LogP contribution in [0.25, 0.3) is 0 Å². The lowest BCUT2D eigenvalue weighted by Gasteiger charge is -2.24. The maximum atomic E-state index is 11.3. The highest BCUT2D eigenvalue weighted by molar-refractivity contribution is 6.00. The predicted molar refractivity (Wildman–Crippen MR) is 44.0 cm³/mol. The van der Waals surface area contributed by atoms with E-state index in [2.05, 4.69) is 14.7 Å². The highest BCUT2D eigenvalue weighted by atomic mass is 16.5. The minimum atomic E-state index is -0.161. The molecule has 1 aliphatic rings. The molecule has 1 aromatic heterocycles. The van der Waals surface area contributed by atoms with E-state index in [4.69, 9.17) is 0 Å². The number of amides is 1. The van der Waals surface area contributed by atoms with Gasteiger partial charge in [0.2, 0.25) is 12.3 Å². The van der Waals surface area contributed by atoms with E-state index in [1.807, 2.05) is 0 Å². The molecular formula is C8H9N3O3. The number of aromatic nitrogens is 2. The van der Waals surface area contributed by atoms with Gasteiger partial charge < -0.3 is 9.42 Å². The van der Waals surface area contributed by atoms with Crippen LogP contribution in [0.1, 0.15) is 18.7 Å². The summed E-state index contributed by atoms with van der Waals surface area (Å²) in [4.78, 5) is 27.6. The summed E-state index contributed by atoms with van der Waals surface area (Å²) in [6.45, 7) is 0.773. The van der Waals surface area contributed by atoms with E-state index in [0.29, 0.717) is 25.3 Å². The van der Waals surface area contributed by atoms with Crippen LogP contribution >= 0.6 is 0 Å². The van der Waals surface area contributed by atoms with Gasteiger partial charge in [-0.05, 0) is 0 Å². The number of Topliss-reactive ketones (excluding diaryl/α,β-unsaturated/α-hetero) is 1. The Hall–Kier alpha value is -1.72. The van der Waals surface area contributed by atoms with Crippen molar-refractivity contribution in [3.8, 4) is 0 Å². The van der Waals surface area contributed by atoms with Crippen molar-refractivity contribution in [3.63, 3.8) is 0 Å². The van der Waals surface area contributed by atoms with Crippen molar-refractivity contribution >= 4 is 11.7 Å². The second kappa shape index (κ2) is 3.57. The summed E-state index contributed by atoms with van der Waals surface area (Å²) in [5.41, 5.74) is 0. The minimum absolute atomic E-state index is 0.000591. The molecule has 0 aliphatic carbocycles. The topological polar surface area (TPSA) is 76.3 Å². The molecule has 6 nitrogen and oxygen atoms in total. The molecule has 2 rings (SSSR count). The number of rotatable bonds is 2. The van der Waals surface area contributed by atoms with Crippen LogP contribution in [0.5, 0.6) is 0 Å². The van der Waals surface area contributed by atoms with E-state index in [9.17, 15) is 9.59 Å². The zero-order valence-electron chi connectivity index (χ0n) is 7.47. The Morgan fingerprint density at radius 1 is 1.50 bits per heavy atom. The summed E-state index contributed by atoms with van der Waals surface area (Å²) in [7, 11) is 0. The molecule has 1 saturated heterocycles. The molecule has 0 unspecified atom stereocenters. The van der Waals surface area contributed by atoms with Gasteiger partial charge in [-0.1, -0.05) is 5.16 Å². The molecule has 1 fully saturated rings. The molecule has 1 aromatic rings. The van der Waals surface area contributed by atoms with E-state index in [1.165, 1.54) is 6.39 Å². The third-order valence-corrected chi connectivity index (χ3v) is 2.10. The molecule has 74 valence electrons. The lowest BCUT2D eigenvalue weighted by atomic mass is 10.1. The number of carbonyl (C=O) groups excluding carboxylic acids is 2. The zero-order chi connectivity index (χ0) is 9.97. The molecule has 0 bridgehead atoms. The number of likely N-dealkylation sites (tertiary alicyclic amines) is 1. The first-order chi connectivity index (χ1) is 6.75. The van der Waals surface area contributed by atoms with Crippen LogP contribution in [0, 0.1) is 0 Å². The monoisotopic (exact) mass is 195 g/mol. The maximum Gasteiger partial charge on any atom is 0.230 e. The van der Waals surface area contributed by atoms with Crippen LogP contribution in [0.2, 0.25) is 0 Å². The first-order valence-electron chi connectivity index (χ1n) is 4.30. The molecule has 0 radical (unpaired) electrons. The number of nitrogens with zero attached hydrogens (tertiary/aromatic N) is 3. The normalized spacial score (nSPS) is 17.6. The molecule has 0 N–H and O–H groups in total. The molecule has 14 heavy (non-hydrogen) atoms. The third-order valence-electron chi connectivity index (χ3n) is 2.10. The molecule has 0 saturated carbocycles. The average Bonchev–Trinajstić information content (AvgIpc) is 2.62. The summed E-state index contributed by atoms with van der Waals surface area (Å²) in [5, 5.41) is 3.60. The molecular weight excluding hydrogens is 186 g/mol. The van der Waals surface area contributed by atoms with Crippen LogP contribution in [0.4, 0.5) is 0 Å². The molecule has 0 spiro atoms. The molecule has 2 heterocycles. The minimum Gasteiger partial charge on any atom is -0.343 e. The van der Waals surface area contributed by atoms with E-state index < -0.39 is 0 Å².